The van der Waals surface area contributed by atoms with Crippen molar-refractivity contribution in [2.24, 2.45) is 11.8 Å². The third-order valence-electron chi connectivity index (χ3n) is 3.51. The zero-order valence-corrected chi connectivity index (χ0v) is 12.9. The standard InChI is InChI=1S/C15H30N2O3/c1-12(2)11-20-8-4-7-16-15(19)17-10-13-5-3-6-14(18)9-13/h12-14,18H,3-11H2,1-2H3,(H2,16,17,19). The van der Waals surface area contributed by atoms with Crippen molar-refractivity contribution in [3.05, 3.63) is 0 Å². The minimum atomic E-state index is -0.184. The summed E-state index contributed by atoms with van der Waals surface area (Å²) >= 11 is 0. The summed E-state index contributed by atoms with van der Waals surface area (Å²) in [6, 6.07) is -0.117. The molecule has 5 heteroatoms. The molecule has 0 heterocycles. The van der Waals surface area contributed by atoms with E-state index in [1.165, 1.54) is 0 Å². The van der Waals surface area contributed by atoms with Crippen LogP contribution in [0.25, 0.3) is 0 Å². The number of urea groups is 1. The van der Waals surface area contributed by atoms with E-state index in [4.69, 9.17) is 4.74 Å². The molecule has 1 aliphatic carbocycles. The van der Waals surface area contributed by atoms with Gasteiger partial charge in [0.15, 0.2) is 0 Å². The number of aliphatic hydroxyl groups excluding tert-OH is 1. The van der Waals surface area contributed by atoms with E-state index in [9.17, 15) is 9.90 Å². The van der Waals surface area contributed by atoms with Gasteiger partial charge in [-0.3, -0.25) is 0 Å². The minimum Gasteiger partial charge on any atom is -0.393 e. The highest BCUT2D eigenvalue weighted by molar-refractivity contribution is 5.73. The van der Waals surface area contributed by atoms with Crippen molar-refractivity contribution in [3.8, 4) is 0 Å². The van der Waals surface area contributed by atoms with Gasteiger partial charge >= 0.3 is 6.03 Å². The lowest BCUT2D eigenvalue weighted by molar-refractivity contribution is 0.101. The Bertz CT molecular complexity index is 272. The molecule has 20 heavy (non-hydrogen) atoms. The average Bonchev–Trinajstić information content (AvgIpc) is 2.40. The minimum absolute atomic E-state index is 0.117. The summed E-state index contributed by atoms with van der Waals surface area (Å²) in [5.41, 5.74) is 0. The zero-order chi connectivity index (χ0) is 14.8. The van der Waals surface area contributed by atoms with E-state index in [0.717, 1.165) is 38.7 Å². The van der Waals surface area contributed by atoms with Crippen LogP contribution < -0.4 is 10.6 Å². The number of nitrogens with one attached hydrogen (secondary N) is 2. The molecular weight excluding hydrogens is 256 g/mol. The molecule has 1 rings (SSSR count). The van der Waals surface area contributed by atoms with Crippen molar-refractivity contribution in [1.29, 1.82) is 0 Å². The molecule has 0 bridgehead atoms. The van der Waals surface area contributed by atoms with Crippen LogP contribution in [0.15, 0.2) is 0 Å². The van der Waals surface area contributed by atoms with Gasteiger partial charge in [-0.1, -0.05) is 20.3 Å². The van der Waals surface area contributed by atoms with Gasteiger partial charge in [0.25, 0.3) is 0 Å². The van der Waals surface area contributed by atoms with Crippen molar-refractivity contribution >= 4 is 6.03 Å². The Morgan fingerprint density at radius 2 is 2.15 bits per heavy atom. The molecule has 0 aromatic rings. The summed E-state index contributed by atoms with van der Waals surface area (Å²) in [5, 5.41) is 15.3. The van der Waals surface area contributed by atoms with Crippen molar-refractivity contribution in [1.82, 2.24) is 10.6 Å². The van der Waals surface area contributed by atoms with Crippen molar-refractivity contribution < 1.29 is 14.6 Å². The summed E-state index contributed by atoms with van der Waals surface area (Å²) < 4.78 is 5.44. The predicted octanol–water partition coefficient (Wildman–Crippen LogP) is 1.90. The maximum atomic E-state index is 11.6. The maximum Gasteiger partial charge on any atom is 0.314 e. The molecule has 0 saturated heterocycles. The molecule has 3 N–H and O–H groups in total. The first-order chi connectivity index (χ1) is 9.58. The quantitative estimate of drug-likeness (QED) is 0.597. The lowest BCUT2D eigenvalue weighted by atomic mass is 9.87. The zero-order valence-electron chi connectivity index (χ0n) is 12.9. The van der Waals surface area contributed by atoms with Crippen LogP contribution in [0.5, 0.6) is 0 Å². The first kappa shape index (κ1) is 17.2. The van der Waals surface area contributed by atoms with Gasteiger partial charge in [0.05, 0.1) is 6.10 Å². The molecule has 2 amide bonds. The number of ether oxygens (including phenoxy) is 1. The summed E-state index contributed by atoms with van der Waals surface area (Å²) in [5.74, 6) is 0.968. The number of hydrogen-bond acceptors (Lipinski definition) is 3. The first-order valence-corrected chi connectivity index (χ1v) is 7.85. The fourth-order valence-electron chi connectivity index (χ4n) is 2.44. The van der Waals surface area contributed by atoms with Crippen LogP contribution in [0.4, 0.5) is 4.79 Å². The van der Waals surface area contributed by atoms with E-state index >= 15 is 0 Å². The molecule has 1 fully saturated rings. The molecule has 0 radical (unpaired) electrons. The maximum absolute atomic E-state index is 11.6. The Balaban J connectivity index is 1.95. The molecule has 2 atom stereocenters. The summed E-state index contributed by atoms with van der Waals surface area (Å²) in [4.78, 5) is 11.6. The molecular formula is C15H30N2O3. The van der Waals surface area contributed by atoms with Crippen LogP contribution in [-0.2, 0) is 4.74 Å². The number of amides is 2. The van der Waals surface area contributed by atoms with Gasteiger partial charge in [0.1, 0.15) is 0 Å². The summed E-state index contributed by atoms with van der Waals surface area (Å²) in [6.07, 6.45) is 4.52. The lowest BCUT2D eigenvalue weighted by Gasteiger charge is -2.25. The fraction of sp³-hybridized carbons (Fsp3) is 0.933. The van der Waals surface area contributed by atoms with Gasteiger partial charge < -0.3 is 20.5 Å². The largest absolute Gasteiger partial charge is 0.393 e. The molecule has 0 aliphatic heterocycles. The molecule has 1 saturated carbocycles. The highest BCUT2D eigenvalue weighted by Crippen LogP contribution is 2.23. The van der Waals surface area contributed by atoms with Gasteiger partial charge in [-0.05, 0) is 37.5 Å². The second-order valence-corrected chi connectivity index (χ2v) is 6.15. The van der Waals surface area contributed by atoms with Gasteiger partial charge in [-0.2, -0.15) is 0 Å². The molecule has 2 unspecified atom stereocenters. The highest BCUT2D eigenvalue weighted by Gasteiger charge is 2.20. The lowest BCUT2D eigenvalue weighted by Crippen LogP contribution is -2.40. The summed E-state index contributed by atoms with van der Waals surface area (Å²) in [6.45, 7) is 7.00. The number of rotatable bonds is 8. The number of aliphatic hydroxyl groups is 1. The van der Waals surface area contributed by atoms with Gasteiger partial charge in [-0.15, -0.1) is 0 Å². The monoisotopic (exact) mass is 286 g/mol. The SMILES string of the molecule is CC(C)COCCCNC(=O)NCC1CCCC(O)C1. The average molecular weight is 286 g/mol. The van der Waals surface area contributed by atoms with Crippen molar-refractivity contribution in [2.75, 3.05) is 26.3 Å². The van der Waals surface area contributed by atoms with Crippen molar-refractivity contribution in [2.45, 2.75) is 52.1 Å². The molecule has 118 valence electrons. The topological polar surface area (TPSA) is 70.6 Å². The van der Waals surface area contributed by atoms with Gasteiger partial charge in [-0.25, -0.2) is 4.79 Å². The van der Waals surface area contributed by atoms with Crippen LogP contribution in [-0.4, -0.2) is 43.5 Å². The van der Waals surface area contributed by atoms with Crippen molar-refractivity contribution in [3.63, 3.8) is 0 Å². The van der Waals surface area contributed by atoms with Crippen LogP contribution in [0.2, 0.25) is 0 Å². The molecule has 0 aromatic heterocycles. The Labute approximate surface area is 122 Å². The summed E-state index contributed by atoms with van der Waals surface area (Å²) in [7, 11) is 0. The van der Waals surface area contributed by atoms with E-state index in [0.29, 0.717) is 31.5 Å². The van der Waals surface area contributed by atoms with Crippen LogP contribution in [0.1, 0.15) is 46.0 Å². The Morgan fingerprint density at radius 1 is 1.35 bits per heavy atom. The second kappa shape index (κ2) is 10.00. The van der Waals surface area contributed by atoms with E-state index in [2.05, 4.69) is 24.5 Å². The van der Waals surface area contributed by atoms with Crippen LogP contribution >= 0.6 is 0 Å². The van der Waals surface area contributed by atoms with Crippen LogP contribution in [0, 0.1) is 11.8 Å². The van der Waals surface area contributed by atoms with E-state index in [-0.39, 0.29) is 12.1 Å². The molecule has 1 aliphatic rings. The normalized spacial score (nSPS) is 22.8. The van der Waals surface area contributed by atoms with E-state index in [1.54, 1.807) is 0 Å². The van der Waals surface area contributed by atoms with E-state index < -0.39 is 0 Å². The smallest absolute Gasteiger partial charge is 0.314 e. The molecule has 0 aromatic carbocycles. The highest BCUT2D eigenvalue weighted by atomic mass is 16.5. The first-order valence-electron chi connectivity index (χ1n) is 7.85. The Kier molecular flexibility index (Phi) is 8.62. The third-order valence-corrected chi connectivity index (χ3v) is 3.51. The fourth-order valence-corrected chi connectivity index (χ4v) is 2.44. The Morgan fingerprint density at radius 3 is 2.85 bits per heavy atom. The van der Waals surface area contributed by atoms with Gasteiger partial charge in [0.2, 0.25) is 0 Å². The predicted molar refractivity (Wildman–Crippen MR) is 79.6 cm³/mol. The number of hydrogen-bond donors (Lipinski definition) is 3. The second-order valence-electron chi connectivity index (χ2n) is 6.15. The Hall–Kier alpha value is -0.810. The van der Waals surface area contributed by atoms with E-state index in [1.807, 2.05) is 0 Å². The number of carbonyl (C=O) groups excluding carboxylic acids is 1. The van der Waals surface area contributed by atoms with Crippen LogP contribution in [0.3, 0.4) is 0 Å². The third kappa shape index (κ3) is 8.38. The molecule has 5 nitrogen and oxygen atoms in total. The molecule has 0 spiro atoms. The number of carbonyl (C=O) groups is 1. The van der Waals surface area contributed by atoms with Gasteiger partial charge in [0, 0.05) is 26.3 Å².